The molecule has 2 nitrogen and oxygen atoms in total. The van der Waals surface area contributed by atoms with Crippen molar-refractivity contribution >= 4 is 17.7 Å². The molecular formula is C19H23NOS. The van der Waals surface area contributed by atoms with E-state index < -0.39 is 0 Å². The van der Waals surface area contributed by atoms with Gasteiger partial charge in [0.1, 0.15) is 0 Å². The molecule has 0 aliphatic rings. The Morgan fingerprint density at radius 1 is 1.05 bits per heavy atom. The molecule has 0 aliphatic heterocycles. The average Bonchev–Trinajstić information content (AvgIpc) is 2.55. The van der Waals surface area contributed by atoms with Crippen LogP contribution in [0.5, 0.6) is 0 Å². The summed E-state index contributed by atoms with van der Waals surface area (Å²) < 4.78 is 0. The Balaban J connectivity index is 1.92. The maximum Gasteiger partial charge on any atom is 0.233 e. The van der Waals surface area contributed by atoms with Crippen molar-refractivity contribution in [1.29, 1.82) is 0 Å². The van der Waals surface area contributed by atoms with E-state index in [9.17, 15) is 4.79 Å². The number of hydrogen-bond acceptors (Lipinski definition) is 2. The molecule has 116 valence electrons. The van der Waals surface area contributed by atoms with Gasteiger partial charge in [0.05, 0.1) is 11.3 Å². The summed E-state index contributed by atoms with van der Waals surface area (Å²) >= 11 is 1.58. The number of rotatable bonds is 6. The van der Waals surface area contributed by atoms with Crippen LogP contribution >= 0.6 is 11.8 Å². The number of carbonyl (C=O) groups is 1. The maximum atomic E-state index is 12.3. The predicted octanol–water partition coefficient (Wildman–Crippen LogP) is 4.61. The molecule has 0 fully saturated rings. The van der Waals surface area contributed by atoms with Crippen molar-refractivity contribution in [3.8, 4) is 0 Å². The van der Waals surface area contributed by atoms with Gasteiger partial charge in [-0.15, -0.1) is 11.8 Å². The minimum atomic E-state index is -0.111. The minimum absolute atomic E-state index is 0.0252. The van der Waals surface area contributed by atoms with E-state index >= 15 is 0 Å². The molecule has 0 aliphatic carbocycles. The Morgan fingerprint density at radius 2 is 1.68 bits per heavy atom. The molecule has 2 unspecified atom stereocenters. The van der Waals surface area contributed by atoms with Crippen molar-refractivity contribution in [3.63, 3.8) is 0 Å². The van der Waals surface area contributed by atoms with Gasteiger partial charge in [-0.25, -0.2) is 0 Å². The van der Waals surface area contributed by atoms with E-state index in [1.807, 2.05) is 44.2 Å². The van der Waals surface area contributed by atoms with Crippen molar-refractivity contribution in [3.05, 3.63) is 65.7 Å². The summed E-state index contributed by atoms with van der Waals surface area (Å²) in [6.45, 7) is 6.11. The molecule has 0 aromatic heterocycles. The van der Waals surface area contributed by atoms with Gasteiger partial charge in [0.15, 0.2) is 0 Å². The summed E-state index contributed by atoms with van der Waals surface area (Å²) in [5.41, 5.74) is 2.46. The molecular weight excluding hydrogens is 290 g/mol. The van der Waals surface area contributed by atoms with Gasteiger partial charge in [-0.05, 0) is 43.5 Å². The third-order valence-corrected chi connectivity index (χ3v) is 4.78. The van der Waals surface area contributed by atoms with Crippen LogP contribution in [0.4, 0.5) is 0 Å². The number of aryl methyl sites for hydroxylation is 1. The van der Waals surface area contributed by atoms with Gasteiger partial charge in [0.25, 0.3) is 0 Å². The zero-order chi connectivity index (χ0) is 15.9. The Labute approximate surface area is 137 Å². The molecule has 2 aromatic carbocycles. The highest BCUT2D eigenvalue weighted by Crippen LogP contribution is 2.23. The first-order valence-electron chi connectivity index (χ1n) is 7.71. The fourth-order valence-electron chi connectivity index (χ4n) is 2.21. The first kappa shape index (κ1) is 16.6. The summed E-state index contributed by atoms with van der Waals surface area (Å²) in [7, 11) is 0. The Kier molecular flexibility index (Phi) is 6.08. The van der Waals surface area contributed by atoms with Crippen molar-refractivity contribution in [1.82, 2.24) is 5.32 Å². The highest BCUT2D eigenvalue weighted by atomic mass is 32.2. The zero-order valence-electron chi connectivity index (χ0n) is 13.4. The van der Waals surface area contributed by atoms with Crippen LogP contribution in [0.15, 0.2) is 59.5 Å². The fourth-order valence-corrected chi connectivity index (χ4v) is 3.11. The van der Waals surface area contributed by atoms with Crippen molar-refractivity contribution in [2.75, 3.05) is 0 Å². The van der Waals surface area contributed by atoms with Crippen LogP contribution < -0.4 is 5.32 Å². The fraction of sp³-hybridized carbons (Fsp3) is 0.316. The molecule has 0 saturated carbocycles. The van der Waals surface area contributed by atoms with Gasteiger partial charge < -0.3 is 5.32 Å². The lowest BCUT2D eigenvalue weighted by Crippen LogP contribution is -2.33. The van der Waals surface area contributed by atoms with Crippen LogP contribution in [0.25, 0.3) is 0 Å². The molecule has 2 atom stereocenters. The van der Waals surface area contributed by atoms with Gasteiger partial charge in [-0.3, -0.25) is 4.79 Å². The molecule has 22 heavy (non-hydrogen) atoms. The van der Waals surface area contributed by atoms with Gasteiger partial charge in [0.2, 0.25) is 5.91 Å². The van der Waals surface area contributed by atoms with Crippen LogP contribution in [0, 0.1) is 0 Å². The third kappa shape index (κ3) is 4.63. The minimum Gasteiger partial charge on any atom is -0.349 e. The molecule has 0 bridgehead atoms. The zero-order valence-corrected chi connectivity index (χ0v) is 14.2. The van der Waals surface area contributed by atoms with E-state index in [2.05, 4.69) is 36.5 Å². The van der Waals surface area contributed by atoms with E-state index in [-0.39, 0.29) is 17.2 Å². The molecule has 1 N–H and O–H groups in total. The molecule has 3 heteroatoms. The standard InChI is InChI=1S/C19H23NOS/c1-4-16-10-12-17(13-11-16)14(2)20-19(21)15(3)22-18-8-6-5-7-9-18/h5-15H,4H2,1-3H3,(H,20,21). The average molecular weight is 313 g/mol. The highest BCUT2D eigenvalue weighted by Gasteiger charge is 2.17. The van der Waals surface area contributed by atoms with Crippen LogP contribution in [0.2, 0.25) is 0 Å². The summed E-state index contributed by atoms with van der Waals surface area (Å²) in [6.07, 6.45) is 1.03. The lowest BCUT2D eigenvalue weighted by atomic mass is 10.0. The second-order valence-electron chi connectivity index (χ2n) is 5.40. The number of thioether (sulfide) groups is 1. The smallest absolute Gasteiger partial charge is 0.233 e. The number of benzene rings is 2. The SMILES string of the molecule is CCc1ccc(C(C)NC(=O)C(C)Sc2ccccc2)cc1. The Bertz CT molecular complexity index is 595. The summed E-state index contributed by atoms with van der Waals surface area (Å²) in [5.74, 6) is 0.0703. The third-order valence-electron chi connectivity index (χ3n) is 3.67. The van der Waals surface area contributed by atoms with Crippen molar-refractivity contribution in [2.24, 2.45) is 0 Å². The van der Waals surface area contributed by atoms with E-state index in [0.29, 0.717) is 0 Å². The summed E-state index contributed by atoms with van der Waals surface area (Å²) in [4.78, 5) is 13.4. The van der Waals surface area contributed by atoms with Crippen LogP contribution in [0.3, 0.4) is 0 Å². The monoisotopic (exact) mass is 313 g/mol. The van der Waals surface area contributed by atoms with Crippen molar-refractivity contribution < 1.29 is 4.79 Å². The van der Waals surface area contributed by atoms with Crippen LogP contribution in [0.1, 0.15) is 37.9 Å². The number of carbonyl (C=O) groups excluding carboxylic acids is 1. The van der Waals surface area contributed by atoms with Crippen molar-refractivity contribution in [2.45, 2.75) is 43.4 Å². The maximum absolute atomic E-state index is 12.3. The summed E-state index contributed by atoms with van der Waals surface area (Å²) in [5, 5.41) is 2.98. The van der Waals surface area contributed by atoms with E-state index in [1.54, 1.807) is 11.8 Å². The lowest BCUT2D eigenvalue weighted by molar-refractivity contribution is -0.120. The first-order chi connectivity index (χ1) is 10.6. The Hall–Kier alpha value is -1.74. The highest BCUT2D eigenvalue weighted by molar-refractivity contribution is 8.00. The van der Waals surface area contributed by atoms with Crippen LogP contribution in [-0.2, 0) is 11.2 Å². The second kappa shape index (κ2) is 8.04. The largest absolute Gasteiger partial charge is 0.349 e. The molecule has 0 radical (unpaired) electrons. The van der Waals surface area contributed by atoms with Gasteiger partial charge in [-0.1, -0.05) is 49.4 Å². The second-order valence-corrected chi connectivity index (χ2v) is 6.81. The lowest BCUT2D eigenvalue weighted by Gasteiger charge is -2.18. The normalized spacial score (nSPS) is 13.4. The molecule has 1 amide bonds. The molecule has 0 spiro atoms. The van der Waals surface area contributed by atoms with E-state index in [0.717, 1.165) is 16.9 Å². The van der Waals surface area contributed by atoms with Gasteiger partial charge >= 0.3 is 0 Å². The molecule has 2 rings (SSSR count). The number of amides is 1. The van der Waals surface area contributed by atoms with E-state index in [4.69, 9.17) is 0 Å². The van der Waals surface area contributed by atoms with Crippen LogP contribution in [-0.4, -0.2) is 11.2 Å². The Morgan fingerprint density at radius 3 is 2.27 bits per heavy atom. The topological polar surface area (TPSA) is 29.1 Å². The number of hydrogen-bond donors (Lipinski definition) is 1. The predicted molar refractivity (Wildman–Crippen MR) is 94.1 cm³/mol. The first-order valence-corrected chi connectivity index (χ1v) is 8.59. The number of nitrogens with one attached hydrogen (secondary N) is 1. The molecule has 0 saturated heterocycles. The summed E-state index contributed by atoms with van der Waals surface area (Å²) in [6, 6.07) is 18.5. The molecule has 0 heterocycles. The quantitative estimate of drug-likeness (QED) is 0.789. The van der Waals surface area contributed by atoms with Gasteiger partial charge in [0, 0.05) is 4.90 Å². The van der Waals surface area contributed by atoms with Gasteiger partial charge in [-0.2, -0.15) is 0 Å². The molecule has 2 aromatic rings. The van der Waals surface area contributed by atoms with E-state index in [1.165, 1.54) is 5.56 Å².